The Morgan fingerprint density at radius 2 is 0.969 bits per heavy atom. The zero-order chi connectivity index (χ0) is 42.4. The second kappa shape index (κ2) is 12.6. The van der Waals surface area contributed by atoms with Gasteiger partial charge in [0.2, 0.25) is 0 Å². The molecule has 302 valence electrons. The Bertz CT molecular complexity index is 3810. The SMILES string of the molecule is c1ccc(N(c2cnc3c(c2)C2(c4ccccc4Oc4cc5c(cc42)-c2ccccc2C52c4ccccc4-c4ccccc42)c2cccnc2-3)c2ccc3c(c2)oc2ccccc23)cc1. The molecule has 11 aromatic rings. The molecular formula is C60H35N3O2. The summed E-state index contributed by atoms with van der Waals surface area (Å²) < 4.78 is 13.7. The zero-order valence-electron chi connectivity index (χ0n) is 34.9. The molecule has 0 radical (unpaired) electrons. The van der Waals surface area contributed by atoms with Gasteiger partial charge in [0.15, 0.2) is 0 Å². The lowest BCUT2D eigenvalue weighted by Crippen LogP contribution is -2.33. The highest BCUT2D eigenvalue weighted by molar-refractivity contribution is 6.06. The van der Waals surface area contributed by atoms with Crippen LogP contribution in [0.2, 0.25) is 0 Å². The minimum Gasteiger partial charge on any atom is -0.457 e. The van der Waals surface area contributed by atoms with E-state index in [0.717, 1.165) is 84.1 Å². The van der Waals surface area contributed by atoms with Crippen molar-refractivity contribution in [1.29, 1.82) is 0 Å². The second-order valence-corrected chi connectivity index (χ2v) is 17.6. The molecule has 8 aromatic carbocycles. The van der Waals surface area contributed by atoms with E-state index in [1.807, 2.05) is 24.5 Å². The van der Waals surface area contributed by atoms with Gasteiger partial charge in [0, 0.05) is 51.1 Å². The van der Waals surface area contributed by atoms with E-state index in [1.165, 1.54) is 44.5 Å². The van der Waals surface area contributed by atoms with Crippen molar-refractivity contribution >= 4 is 39.0 Å². The van der Waals surface area contributed by atoms with Crippen LogP contribution in [0.4, 0.5) is 17.1 Å². The van der Waals surface area contributed by atoms with Gasteiger partial charge in [0.25, 0.3) is 0 Å². The fourth-order valence-electron chi connectivity index (χ4n) is 12.2. The smallest absolute Gasteiger partial charge is 0.137 e. The number of fused-ring (bicyclic) bond motifs is 22. The Hall–Kier alpha value is -8.54. The van der Waals surface area contributed by atoms with Crippen molar-refractivity contribution in [2.45, 2.75) is 10.8 Å². The number of hydrogen-bond donors (Lipinski definition) is 0. The van der Waals surface area contributed by atoms with Crippen LogP contribution in [-0.2, 0) is 10.8 Å². The summed E-state index contributed by atoms with van der Waals surface area (Å²) in [4.78, 5) is 12.8. The van der Waals surface area contributed by atoms with Crippen molar-refractivity contribution in [2.75, 3.05) is 4.90 Å². The standard InChI is InChI=1S/C60H35N3O2/c1-2-15-36(16-3-1)63(37-28-29-43-42-20-7-12-26-53(42)64-55(43)32-37)38-31-52-58(62-35-38)57-49(25-14-30-61-57)60(52)48-24-11-13-27-54(48)65-56-34-50-44(33-51(56)60)41-19-6-10-23-47(41)59(50)45-21-8-4-17-39(45)40-18-5-9-22-46(40)59/h1-35H. The Kier molecular flexibility index (Phi) is 6.76. The highest BCUT2D eigenvalue weighted by Gasteiger charge is 2.56. The van der Waals surface area contributed by atoms with E-state index in [0.29, 0.717) is 0 Å². The van der Waals surface area contributed by atoms with Gasteiger partial charge in [-0.25, -0.2) is 0 Å². The first-order chi connectivity index (χ1) is 32.2. The second-order valence-electron chi connectivity index (χ2n) is 17.6. The normalized spacial score (nSPS) is 16.0. The van der Waals surface area contributed by atoms with E-state index in [2.05, 4.69) is 193 Å². The average molecular weight is 830 g/mol. The monoisotopic (exact) mass is 829 g/mol. The van der Waals surface area contributed by atoms with Crippen LogP contribution in [0.15, 0.2) is 217 Å². The van der Waals surface area contributed by atoms with Crippen LogP contribution in [-0.4, -0.2) is 9.97 Å². The van der Waals surface area contributed by atoms with Gasteiger partial charge in [-0.1, -0.05) is 133 Å². The number of furan rings is 1. The topological polar surface area (TPSA) is 51.4 Å². The minimum absolute atomic E-state index is 0.513. The van der Waals surface area contributed by atoms with Gasteiger partial charge in [-0.05, 0) is 111 Å². The molecule has 65 heavy (non-hydrogen) atoms. The highest BCUT2D eigenvalue weighted by atomic mass is 16.5. The summed E-state index contributed by atoms with van der Waals surface area (Å²) in [6, 6.07) is 72.2. The number of pyridine rings is 2. The summed E-state index contributed by atoms with van der Waals surface area (Å²) in [6.07, 6.45) is 3.88. The Morgan fingerprint density at radius 1 is 0.354 bits per heavy atom. The molecule has 0 saturated heterocycles. The number of benzene rings is 8. The molecule has 4 aliphatic rings. The van der Waals surface area contributed by atoms with Gasteiger partial charge in [0.1, 0.15) is 22.7 Å². The molecule has 3 aliphatic carbocycles. The van der Waals surface area contributed by atoms with Crippen molar-refractivity contribution in [1.82, 2.24) is 9.97 Å². The van der Waals surface area contributed by atoms with Crippen LogP contribution >= 0.6 is 0 Å². The highest BCUT2D eigenvalue weighted by Crippen LogP contribution is 2.67. The minimum atomic E-state index is -0.817. The predicted molar refractivity (Wildman–Crippen MR) is 258 cm³/mol. The molecule has 1 atom stereocenters. The lowest BCUT2D eigenvalue weighted by atomic mass is 9.65. The summed E-state index contributed by atoms with van der Waals surface area (Å²) in [7, 11) is 0. The van der Waals surface area contributed by atoms with E-state index < -0.39 is 10.8 Å². The molecule has 0 saturated carbocycles. The Labute approximate surface area is 374 Å². The molecule has 15 rings (SSSR count). The molecule has 0 fully saturated rings. The van der Waals surface area contributed by atoms with Crippen LogP contribution in [0.5, 0.6) is 11.5 Å². The maximum Gasteiger partial charge on any atom is 0.137 e. The van der Waals surface area contributed by atoms with Crippen molar-refractivity contribution in [3.8, 4) is 45.1 Å². The van der Waals surface area contributed by atoms with Gasteiger partial charge in [-0.2, -0.15) is 0 Å². The molecule has 0 N–H and O–H groups in total. The van der Waals surface area contributed by atoms with Crippen LogP contribution in [0.1, 0.15) is 44.5 Å². The zero-order valence-corrected chi connectivity index (χ0v) is 34.9. The van der Waals surface area contributed by atoms with Crippen molar-refractivity contribution < 1.29 is 9.15 Å². The third-order valence-corrected chi connectivity index (χ3v) is 14.6. The summed E-state index contributed by atoms with van der Waals surface area (Å²) in [5, 5.41) is 2.19. The first-order valence-corrected chi connectivity index (χ1v) is 22.2. The maximum absolute atomic E-state index is 7.22. The Balaban J connectivity index is 1.02. The number of anilines is 3. The number of nitrogens with zero attached hydrogens (tertiary/aromatic N) is 3. The molecule has 1 unspecified atom stereocenters. The fourth-order valence-corrected chi connectivity index (χ4v) is 12.2. The van der Waals surface area contributed by atoms with Crippen LogP contribution in [0, 0.1) is 0 Å². The number of hydrogen-bond acceptors (Lipinski definition) is 5. The molecule has 2 spiro atoms. The summed E-state index contributed by atoms with van der Waals surface area (Å²) in [6.45, 7) is 0. The summed E-state index contributed by atoms with van der Waals surface area (Å²) in [5.41, 5.74) is 19.4. The molecule has 4 heterocycles. The largest absolute Gasteiger partial charge is 0.457 e. The molecule has 0 amide bonds. The van der Waals surface area contributed by atoms with Gasteiger partial charge < -0.3 is 14.1 Å². The molecule has 1 aliphatic heterocycles. The van der Waals surface area contributed by atoms with Crippen LogP contribution in [0.25, 0.3) is 55.6 Å². The van der Waals surface area contributed by atoms with E-state index >= 15 is 0 Å². The fraction of sp³-hybridized carbons (Fsp3) is 0.0333. The van der Waals surface area contributed by atoms with Gasteiger partial charge in [-0.3, -0.25) is 9.97 Å². The van der Waals surface area contributed by atoms with E-state index in [1.54, 1.807) is 0 Å². The third-order valence-electron chi connectivity index (χ3n) is 14.6. The van der Waals surface area contributed by atoms with Crippen LogP contribution in [0.3, 0.4) is 0 Å². The summed E-state index contributed by atoms with van der Waals surface area (Å²) in [5.74, 6) is 1.65. The van der Waals surface area contributed by atoms with E-state index in [-0.39, 0.29) is 0 Å². The maximum atomic E-state index is 7.22. The summed E-state index contributed by atoms with van der Waals surface area (Å²) >= 11 is 0. The quantitative estimate of drug-likeness (QED) is 0.178. The number of para-hydroxylation sites is 3. The third kappa shape index (κ3) is 4.32. The molecular weight excluding hydrogens is 795 g/mol. The number of aromatic nitrogens is 2. The molecule has 5 nitrogen and oxygen atoms in total. The first-order valence-electron chi connectivity index (χ1n) is 22.2. The van der Waals surface area contributed by atoms with Gasteiger partial charge >= 0.3 is 0 Å². The van der Waals surface area contributed by atoms with Gasteiger partial charge in [-0.15, -0.1) is 0 Å². The lowest BCUT2D eigenvalue weighted by molar-refractivity contribution is 0.435. The van der Waals surface area contributed by atoms with E-state index in [4.69, 9.17) is 19.1 Å². The number of ether oxygens (including phenoxy) is 1. The van der Waals surface area contributed by atoms with Crippen LogP contribution < -0.4 is 9.64 Å². The van der Waals surface area contributed by atoms with E-state index in [9.17, 15) is 0 Å². The van der Waals surface area contributed by atoms with Crippen molar-refractivity contribution in [2.24, 2.45) is 0 Å². The molecule has 3 aromatic heterocycles. The molecule has 5 heteroatoms. The lowest BCUT2D eigenvalue weighted by Gasteiger charge is -2.40. The van der Waals surface area contributed by atoms with Crippen molar-refractivity contribution in [3.05, 3.63) is 257 Å². The number of rotatable bonds is 3. The van der Waals surface area contributed by atoms with Gasteiger partial charge in [0.05, 0.1) is 34.1 Å². The first kappa shape index (κ1) is 35.0. The molecule has 0 bridgehead atoms. The predicted octanol–water partition coefficient (Wildman–Crippen LogP) is 14.7. The average Bonchev–Trinajstić information content (AvgIpc) is 4.06. The van der Waals surface area contributed by atoms with Crippen molar-refractivity contribution in [3.63, 3.8) is 0 Å². The Morgan fingerprint density at radius 3 is 1.75 bits per heavy atom.